The largest absolute Gasteiger partial charge is 0.418 e. The maximum atomic E-state index is 13.9. The fourth-order valence-electron chi connectivity index (χ4n) is 4.65. The number of hydrogen-bond acceptors (Lipinski definition) is 5. The van der Waals surface area contributed by atoms with Crippen LogP contribution in [-0.2, 0) is 21.8 Å². The molecule has 1 aliphatic rings. The summed E-state index contributed by atoms with van der Waals surface area (Å²) in [4.78, 5) is 10.7. The summed E-state index contributed by atoms with van der Waals surface area (Å²) in [6.07, 6.45) is -2.50. The average molecular weight is 518 g/mol. The molecule has 1 fully saturated rings. The Morgan fingerprint density at radius 1 is 1.03 bits per heavy atom. The first-order chi connectivity index (χ1) is 17.0. The number of pyridine rings is 2. The van der Waals surface area contributed by atoms with Gasteiger partial charge in [-0.2, -0.15) is 13.2 Å². The summed E-state index contributed by atoms with van der Waals surface area (Å²) in [6.45, 7) is 7.54. The Balaban J connectivity index is 1.71. The molecule has 0 bridgehead atoms. The van der Waals surface area contributed by atoms with Crippen LogP contribution in [0.25, 0.3) is 11.3 Å². The molecule has 4 rings (SSSR count). The van der Waals surface area contributed by atoms with Crippen LogP contribution in [0.2, 0.25) is 0 Å². The maximum absolute atomic E-state index is 13.9. The molecular weight excluding hydrogens is 487 g/mol. The Morgan fingerprint density at radius 2 is 1.78 bits per heavy atom. The van der Waals surface area contributed by atoms with Crippen molar-refractivity contribution < 1.29 is 21.6 Å². The number of rotatable bonds is 6. The lowest BCUT2D eigenvalue weighted by molar-refractivity contribution is -0.137. The van der Waals surface area contributed by atoms with E-state index in [1.807, 2.05) is 13.8 Å². The highest BCUT2D eigenvalue weighted by molar-refractivity contribution is 7.90. The third-order valence-electron chi connectivity index (χ3n) is 6.44. The Morgan fingerprint density at radius 3 is 2.47 bits per heavy atom. The van der Waals surface area contributed by atoms with Crippen molar-refractivity contribution in [2.24, 2.45) is 5.92 Å². The average Bonchev–Trinajstić information content (AvgIpc) is 2.83. The molecule has 192 valence electrons. The summed E-state index contributed by atoms with van der Waals surface area (Å²) in [5.41, 5.74) is -0.0611. The highest BCUT2D eigenvalue weighted by Gasteiger charge is 2.35. The number of piperidine rings is 1. The van der Waals surface area contributed by atoms with Crippen LogP contribution in [0.1, 0.15) is 56.4 Å². The van der Waals surface area contributed by atoms with Crippen molar-refractivity contribution >= 4 is 15.7 Å². The van der Waals surface area contributed by atoms with Gasteiger partial charge in [0, 0.05) is 18.7 Å². The summed E-state index contributed by atoms with van der Waals surface area (Å²) in [7, 11) is -3.94. The summed E-state index contributed by atoms with van der Waals surface area (Å²) in [5.74, 6) is 0.495. The van der Waals surface area contributed by atoms with Crippen molar-refractivity contribution in [2.45, 2.75) is 56.5 Å². The summed E-state index contributed by atoms with van der Waals surface area (Å²) >= 11 is 0. The fourth-order valence-corrected chi connectivity index (χ4v) is 5.87. The standard InChI is InChI=1S/C27H30F3N3O2S/c1-18(2)21-9-4-5-10-22(21)26-23(27(28,29)30)14-13-20(31-26)17-36(34,35)25-12-6-11-24(32-25)33-15-7-8-19(3)16-33/h4-6,9-14,18-19H,7-8,15-17H2,1-3H3/t19-/m1/s1. The van der Waals surface area contributed by atoms with Crippen LogP contribution < -0.4 is 4.90 Å². The van der Waals surface area contributed by atoms with Crippen molar-refractivity contribution in [2.75, 3.05) is 18.0 Å². The van der Waals surface area contributed by atoms with E-state index in [-0.39, 0.29) is 22.3 Å². The summed E-state index contributed by atoms with van der Waals surface area (Å²) < 4.78 is 68.2. The highest BCUT2D eigenvalue weighted by atomic mass is 32.2. The van der Waals surface area contributed by atoms with E-state index in [9.17, 15) is 21.6 Å². The predicted molar refractivity (Wildman–Crippen MR) is 135 cm³/mol. The van der Waals surface area contributed by atoms with Crippen molar-refractivity contribution in [3.63, 3.8) is 0 Å². The Kier molecular flexibility index (Phi) is 7.41. The van der Waals surface area contributed by atoms with E-state index in [2.05, 4.69) is 21.8 Å². The zero-order valence-corrected chi connectivity index (χ0v) is 21.4. The van der Waals surface area contributed by atoms with Crippen molar-refractivity contribution in [1.82, 2.24) is 9.97 Å². The van der Waals surface area contributed by atoms with Crippen LogP contribution in [0.4, 0.5) is 19.0 Å². The van der Waals surface area contributed by atoms with Gasteiger partial charge in [-0.05, 0) is 54.5 Å². The Hall–Kier alpha value is -2.94. The quantitative estimate of drug-likeness (QED) is 0.374. The van der Waals surface area contributed by atoms with Crippen LogP contribution in [0, 0.1) is 5.92 Å². The molecule has 0 aliphatic carbocycles. The number of sulfone groups is 1. The second-order valence-corrected chi connectivity index (χ2v) is 11.7. The van der Waals surface area contributed by atoms with Gasteiger partial charge < -0.3 is 4.90 Å². The van der Waals surface area contributed by atoms with E-state index in [4.69, 9.17) is 0 Å². The van der Waals surface area contributed by atoms with E-state index < -0.39 is 27.3 Å². The Labute approximate surface area is 210 Å². The number of benzene rings is 1. The number of anilines is 1. The van der Waals surface area contributed by atoms with Gasteiger partial charge in [0.1, 0.15) is 5.82 Å². The van der Waals surface area contributed by atoms with E-state index >= 15 is 0 Å². The molecule has 1 aliphatic heterocycles. The van der Waals surface area contributed by atoms with E-state index in [0.717, 1.165) is 38.1 Å². The second kappa shape index (κ2) is 10.2. The molecular formula is C27H30F3N3O2S. The lowest BCUT2D eigenvalue weighted by atomic mass is 9.93. The SMILES string of the molecule is CC(C)c1ccccc1-c1nc(CS(=O)(=O)c2cccc(N3CCC[C@@H](C)C3)n2)ccc1C(F)(F)F. The molecule has 0 spiro atoms. The molecule has 5 nitrogen and oxygen atoms in total. The van der Waals surface area contributed by atoms with Crippen molar-refractivity contribution in [3.05, 3.63) is 71.4 Å². The zero-order chi connectivity index (χ0) is 26.1. The minimum atomic E-state index is -4.63. The van der Waals surface area contributed by atoms with E-state index in [1.165, 1.54) is 6.07 Å². The van der Waals surface area contributed by atoms with E-state index in [1.54, 1.807) is 36.4 Å². The molecule has 1 atom stereocenters. The molecule has 36 heavy (non-hydrogen) atoms. The van der Waals surface area contributed by atoms with E-state index in [0.29, 0.717) is 22.9 Å². The van der Waals surface area contributed by atoms with Gasteiger partial charge in [-0.3, -0.25) is 4.98 Å². The predicted octanol–water partition coefficient (Wildman–Crippen LogP) is 6.50. The van der Waals surface area contributed by atoms with Gasteiger partial charge >= 0.3 is 6.18 Å². The highest BCUT2D eigenvalue weighted by Crippen LogP contribution is 2.39. The third kappa shape index (κ3) is 5.72. The first-order valence-electron chi connectivity index (χ1n) is 12.1. The molecule has 0 radical (unpaired) electrons. The lowest BCUT2D eigenvalue weighted by Crippen LogP contribution is -2.35. The summed E-state index contributed by atoms with van der Waals surface area (Å²) in [5, 5.41) is -0.107. The summed E-state index contributed by atoms with van der Waals surface area (Å²) in [6, 6.07) is 13.7. The van der Waals surface area contributed by atoms with Gasteiger partial charge in [0.05, 0.1) is 22.7 Å². The van der Waals surface area contributed by atoms with Gasteiger partial charge in [-0.1, -0.05) is 51.1 Å². The molecule has 0 N–H and O–H groups in total. The van der Waals surface area contributed by atoms with Crippen LogP contribution in [0.15, 0.2) is 59.6 Å². The molecule has 1 saturated heterocycles. The van der Waals surface area contributed by atoms with Crippen LogP contribution in [0.5, 0.6) is 0 Å². The van der Waals surface area contributed by atoms with Crippen LogP contribution >= 0.6 is 0 Å². The van der Waals surface area contributed by atoms with Gasteiger partial charge in [0.2, 0.25) is 9.84 Å². The molecule has 2 aromatic heterocycles. The molecule has 3 heterocycles. The maximum Gasteiger partial charge on any atom is 0.418 e. The van der Waals surface area contributed by atoms with Crippen LogP contribution in [-0.4, -0.2) is 31.5 Å². The molecule has 9 heteroatoms. The first kappa shape index (κ1) is 26.1. The second-order valence-electron chi connectivity index (χ2n) is 9.72. The normalized spacial score (nSPS) is 17.0. The minimum Gasteiger partial charge on any atom is -0.356 e. The first-order valence-corrected chi connectivity index (χ1v) is 13.7. The third-order valence-corrected chi connectivity index (χ3v) is 7.98. The van der Waals surface area contributed by atoms with Gasteiger partial charge in [-0.25, -0.2) is 13.4 Å². The minimum absolute atomic E-state index is 0.0374. The smallest absolute Gasteiger partial charge is 0.356 e. The topological polar surface area (TPSA) is 63.2 Å². The number of alkyl halides is 3. The lowest BCUT2D eigenvalue weighted by Gasteiger charge is -2.32. The molecule has 0 unspecified atom stereocenters. The Bertz CT molecular complexity index is 1340. The number of nitrogens with zero attached hydrogens (tertiary/aromatic N) is 3. The number of aromatic nitrogens is 2. The monoisotopic (exact) mass is 517 g/mol. The van der Waals surface area contributed by atoms with Crippen LogP contribution in [0.3, 0.4) is 0 Å². The van der Waals surface area contributed by atoms with Crippen molar-refractivity contribution in [3.8, 4) is 11.3 Å². The fraction of sp³-hybridized carbons (Fsp3) is 0.407. The zero-order valence-electron chi connectivity index (χ0n) is 20.6. The number of hydrogen-bond donors (Lipinski definition) is 0. The molecule has 1 aromatic carbocycles. The molecule has 0 saturated carbocycles. The van der Waals surface area contributed by atoms with Gasteiger partial charge in [0.25, 0.3) is 0 Å². The molecule has 3 aromatic rings. The van der Waals surface area contributed by atoms with Gasteiger partial charge in [0.15, 0.2) is 5.03 Å². The number of halogens is 3. The van der Waals surface area contributed by atoms with Crippen molar-refractivity contribution in [1.29, 1.82) is 0 Å². The van der Waals surface area contributed by atoms with Gasteiger partial charge in [-0.15, -0.1) is 0 Å². The molecule has 0 amide bonds.